The van der Waals surface area contributed by atoms with Crippen molar-refractivity contribution < 1.29 is 13.2 Å². The third-order valence-corrected chi connectivity index (χ3v) is 5.49. The number of anilines is 1. The molecule has 0 radical (unpaired) electrons. The molecule has 0 aliphatic heterocycles. The summed E-state index contributed by atoms with van der Waals surface area (Å²) in [6.07, 6.45) is 0.591. The molecule has 0 aromatic heterocycles. The minimum Gasteiger partial charge on any atom is -0.495 e. The summed E-state index contributed by atoms with van der Waals surface area (Å²) in [5.41, 5.74) is 6.08. The zero-order valence-corrected chi connectivity index (χ0v) is 13.4. The van der Waals surface area contributed by atoms with Crippen LogP contribution in [-0.4, -0.2) is 33.4 Å². The van der Waals surface area contributed by atoms with Crippen molar-refractivity contribution in [2.45, 2.75) is 31.9 Å². The number of hydrogen-bond acceptors (Lipinski definition) is 4. The molecule has 20 heavy (non-hydrogen) atoms. The van der Waals surface area contributed by atoms with Crippen molar-refractivity contribution in [2.75, 3.05) is 24.5 Å². The highest BCUT2D eigenvalue weighted by Gasteiger charge is 2.36. The summed E-state index contributed by atoms with van der Waals surface area (Å²) in [7, 11) is -1.97. The van der Waals surface area contributed by atoms with E-state index >= 15 is 0 Å². The lowest BCUT2D eigenvalue weighted by Crippen LogP contribution is -2.44. The summed E-state index contributed by atoms with van der Waals surface area (Å²) < 4.78 is 31.3. The molecule has 0 aliphatic carbocycles. The van der Waals surface area contributed by atoms with Crippen molar-refractivity contribution >= 4 is 15.7 Å². The van der Waals surface area contributed by atoms with Gasteiger partial charge in [0.25, 0.3) is 0 Å². The average Bonchev–Trinajstić information content (AvgIpc) is 2.38. The molecule has 2 N–H and O–H groups in total. The molecule has 0 atom stereocenters. The fourth-order valence-corrected chi connectivity index (χ4v) is 3.21. The Morgan fingerprint density at radius 3 is 2.35 bits per heavy atom. The van der Waals surface area contributed by atoms with Crippen molar-refractivity contribution in [1.82, 2.24) is 0 Å². The van der Waals surface area contributed by atoms with E-state index in [9.17, 15) is 8.42 Å². The quantitative estimate of drug-likeness (QED) is 0.872. The normalized spacial score (nSPS) is 12.2. The summed E-state index contributed by atoms with van der Waals surface area (Å²) in [4.78, 5) is 0. The Morgan fingerprint density at radius 1 is 1.25 bits per heavy atom. The lowest BCUT2D eigenvalue weighted by Gasteiger charge is -2.32. The molecular formula is C14H24N2O3S. The van der Waals surface area contributed by atoms with Crippen LogP contribution in [0.2, 0.25) is 0 Å². The van der Waals surface area contributed by atoms with Gasteiger partial charge in [-0.1, -0.05) is 12.1 Å². The van der Waals surface area contributed by atoms with Crippen LogP contribution in [0, 0.1) is 0 Å². The van der Waals surface area contributed by atoms with Crippen LogP contribution in [0.1, 0.15) is 27.2 Å². The lowest BCUT2D eigenvalue weighted by atomic mass is 10.3. The van der Waals surface area contributed by atoms with Crippen molar-refractivity contribution in [3.8, 4) is 5.75 Å². The number of methoxy groups -OCH3 is 1. The molecule has 0 heterocycles. The maximum Gasteiger partial charge on any atom is 0.240 e. The fraction of sp³-hybridized carbons (Fsp3) is 0.571. The molecule has 0 fully saturated rings. The SMILES string of the molecule is COc1ccccc1N(CCCN)S(=O)(=O)C(C)(C)C. The van der Waals surface area contributed by atoms with E-state index in [0.29, 0.717) is 30.9 Å². The molecule has 0 saturated carbocycles. The Balaban J connectivity index is 3.33. The van der Waals surface area contributed by atoms with Gasteiger partial charge in [0.05, 0.1) is 17.5 Å². The van der Waals surface area contributed by atoms with Gasteiger partial charge in [-0.25, -0.2) is 8.42 Å². The van der Waals surface area contributed by atoms with Crippen LogP contribution in [0.25, 0.3) is 0 Å². The first-order valence-corrected chi connectivity index (χ1v) is 8.05. The summed E-state index contributed by atoms with van der Waals surface area (Å²) in [5.74, 6) is 0.539. The topological polar surface area (TPSA) is 72.6 Å². The van der Waals surface area contributed by atoms with Crippen LogP contribution in [0.4, 0.5) is 5.69 Å². The number of nitrogens with zero attached hydrogens (tertiary/aromatic N) is 1. The van der Waals surface area contributed by atoms with E-state index in [2.05, 4.69) is 0 Å². The third kappa shape index (κ3) is 3.43. The molecule has 0 spiro atoms. The monoisotopic (exact) mass is 300 g/mol. The van der Waals surface area contributed by atoms with Crippen molar-refractivity contribution in [3.63, 3.8) is 0 Å². The van der Waals surface area contributed by atoms with Crippen LogP contribution >= 0.6 is 0 Å². The van der Waals surface area contributed by atoms with Gasteiger partial charge in [0.2, 0.25) is 10.0 Å². The highest BCUT2D eigenvalue weighted by molar-refractivity contribution is 7.94. The summed E-state index contributed by atoms with van der Waals surface area (Å²) in [6.45, 7) is 5.84. The van der Waals surface area contributed by atoms with Gasteiger partial charge in [0, 0.05) is 6.54 Å². The molecule has 6 heteroatoms. The number of para-hydroxylation sites is 2. The van der Waals surface area contributed by atoms with Gasteiger partial charge in [-0.15, -0.1) is 0 Å². The largest absolute Gasteiger partial charge is 0.495 e. The molecule has 1 aromatic rings. The maximum absolute atomic E-state index is 12.8. The summed E-state index contributed by atoms with van der Waals surface area (Å²) >= 11 is 0. The predicted octanol–water partition coefficient (Wildman–Crippen LogP) is 1.98. The minimum atomic E-state index is -3.50. The zero-order valence-electron chi connectivity index (χ0n) is 12.6. The van der Waals surface area contributed by atoms with E-state index in [1.165, 1.54) is 11.4 Å². The first-order valence-electron chi connectivity index (χ1n) is 6.61. The standard InChI is InChI=1S/C14H24N2O3S/c1-14(2,3)20(17,18)16(11-7-10-15)12-8-5-6-9-13(12)19-4/h5-6,8-9H,7,10-11,15H2,1-4H3. The molecule has 1 aromatic carbocycles. The van der Waals surface area contributed by atoms with Crippen LogP contribution in [-0.2, 0) is 10.0 Å². The number of sulfonamides is 1. The highest BCUT2D eigenvalue weighted by Crippen LogP contribution is 2.33. The molecule has 1 rings (SSSR count). The summed E-state index contributed by atoms with van der Waals surface area (Å²) in [5, 5.41) is 0. The third-order valence-electron chi connectivity index (χ3n) is 2.98. The van der Waals surface area contributed by atoms with Gasteiger partial charge in [0.1, 0.15) is 5.75 Å². The highest BCUT2D eigenvalue weighted by atomic mass is 32.2. The fourth-order valence-electron chi connectivity index (χ4n) is 1.77. The second-order valence-corrected chi connectivity index (χ2v) is 8.12. The Morgan fingerprint density at radius 2 is 1.85 bits per heavy atom. The number of hydrogen-bond donors (Lipinski definition) is 1. The van der Waals surface area contributed by atoms with E-state index in [0.717, 1.165) is 0 Å². The van der Waals surface area contributed by atoms with E-state index in [-0.39, 0.29) is 0 Å². The van der Waals surface area contributed by atoms with E-state index in [4.69, 9.17) is 10.5 Å². The van der Waals surface area contributed by atoms with E-state index in [1.807, 2.05) is 6.07 Å². The Kier molecular flexibility index (Phi) is 5.42. The zero-order chi connectivity index (χ0) is 15.4. The molecule has 0 amide bonds. The maximum atomic E-state index is 12.8. The van der Waals surface area contributed by atoms with Crippen LogP contribution in [0.5, 0.6) is 5.75 Å². The van der Waals surface area contributed by atoms with Gasteiger partial charge < -0.3 is 10.5 Å². The Labute approximate surface area is 121 Å². The molecule has 0 bridgehead atoms. The summed E-state index contributed by atoms with van der Waals surface area (Å²) in [6, 6.07) is 7.11. The number of nitrogens with two attached hydrogens (primary N) is 1. The van der Waals surface area contributed by atoms with E-state index in [1.54, 1.807) is 39.0 Å². The van der Waals surface area contributed by atoms with Crippen molar-refractivity contribution in [2.24, 2.45) is 5.73 Å². The molecule has 0 aliphatic rings. The van der Waals surface area contributed by atoms with Crippen LogP contribution < -0.4 is 14.8 Å². The van der Waals surface area contributed by atoms with Gasteiger partial charge in [-0.05, 0) is 45.9 Å². The predicted molar refractivity (Wildman–Crippen MR) is 82.7 cm³/mol. The second kappa shape index (κ2) is 6.45. The molecule has 0 saturated heterocycles. The molecule has 114 valence electrons. The van der Waals surface area contributed by atoms with Crippen molar-refractivity contribution in [3.05, 3.63) is 24.3 Å². The van der Waals surface area contributed by atoms with Gasteiger partial charge in [0.15, 0.2) is 0 Å². The number of benzene rings is 1. The average molecular weight is 300 g/mol. The van der Waals surface area contributed by atoms with Gasteiger partial charge in [-0.3, -0.25) is 4.31 Å². The molecule has 0 unspecified atom stereocenters. The van der Waals surface area contributed by atoms with Crippen molar-refractivity contribution in [1.29, 1.82) is 0 Å². The van der Waals surface area contributed by atoms with Crippen LogP contribution in [0.3, 0.4) is 0 Å². The molecule has 5 nitrogen and oxygen atoms in total. The number of rotatable bonds is 6. The Bertz CT molecular complexity index is 536. The van der Waals surface area contributed by atoms with Crippen LogP contribution in [0.15, 0.2) is 24.3 Å². The minimum absolute atomic E-state index is 0.344. The van der Waals surface area contributed by atoms with Gasteiger partial charge in [-0.2, -0.15) is 0 Å². The lowest BCUT2D eigenvalue weighted by molar-refractivity contribution is 0.415. The number of ether oxygens (including phenoxy) is 1. The molecular weight excluding hydrogens is 276 g/mol. The smallest absolute Gasteiger partial charge is 0.240 e. The first-order chi connectivity index (χ1) is 9.25. The first kappa shape index (κ1) is 16.8. The Hall–Kier alpha value is -1.27. The van der Waals surface area contributed by atoms with Gasteiger partial charge >= 0.3 is 0 Å². The van der Waals surface area contributed by atoms with E-state index < -0.39 is 14.8 Å². The second-order valence-electron chi connectivity index (χ2n) is 5.50.